The first-order valence-corrected chi connectivity index (χ1v) is 9.07. The largest absolute Gasteiger partial charge is 0.375 e. The van der Waals surface area contributed by atoms with Crippen LogP contribution in [0, 0.1) is 11.2 Å². The number of morpholine rings is 1. The van der Waals surface area contributed by atoms with Gasteiger partial charge in [-0.3, -0.25) is 10.1 Å². The Morgan fingerprint density at radius 1 is 1.29 bits per heavy atom. The van der Waals surface area contributed by atoms with Crippen LogP contribution in [0.15, 0.2) is 43.0 Å². The smallest absolute Gasteiger partial charge is 0.132 e. The lowest BCUT2D eigenvalue weighted by atomic mass is 10.0. The second kappa shape index (κ2) is 7.47. The van der Waals surface area contributed by atoms with Gasteiger partial charge in [-0.05, 0) is 25.1 Å². The summed E-state index contributed by atoms with van der Waals surface area (Å²) in [5.74, 6) is 0.412. The Hall–Kier alpha value is -3.13. The molecule has 0 saturated carbocycles. The Bertz CT molecular complexity index is 1020. The van der Waals surface area contributed by atoms with Crippen LogP contribution in [0.5, 0.6) is 0 Å². The fourth-order valence-electron chi connectivity index (χ4n) is 3.29. The third kappa shape index (κ3) is 3.63. The maximum atomic E-state index is 14.3. The van der Waals surface area contributed by atoms with E-state index in [9.17, 15) is 4.39 Å². The lowest BCUT2D eigenvalue weighted by Gasteiger charge is -2.32. The fourth-order valence-corrected chi connectivity index (χ4v) is 3.29. The third-order valence-corrected chi connectivity index (χ3v) is 4.74. The average molecular weight is 380 g/mol. The maximum absolute atomic E-state index is 14.3. The molecule has 1 N–H and O–H groups in total. The van der Waals surface area contributed by atoms with Crippen molar-refractivity contribution in [1.29, 1.82) is 5.41 Å². The van der Waals surface area contributed by atoms with Crippen molar-refractivity contribution < 1.29 is 9.13 Å². The average Bonchev–Trinajstić information content (AvgIpc) is 3.14. The second-order valence-electron chi connectivity index (χ2n) is 6.86. The predicted octanol–water partition coefficient (Wildman–Crippen LogP) is 2.66. The summed E-state index contributed by atoms with van der Waals surface area (Å²) in [5.41, 5.74) is 2.37. The van der Waals surface area contributed by atoms with Crippen molar-refractivity contribution in [2.45, 2.75) is 13.0 Å². The molecule has 3 aromatic rings. The van der Waals surface area contributed by atoms with Crippen LogP contribution in [-0.4, -0.2) is 51.3 Å². The molecule has 0 aliphatic carbocycles. The number of anilines is 1. The second-order valence-corrected chi connectivity index (χ2v) is 6.86. The van der Waals surface area contributed by atoms with Crippen molar-refractivity contribution in [3.05, 3.63) is 60.1 Å². The van der Waals surface area contributed by atoms with E-state index in [-0.39, 0.29) is 17.6 Å². The van der Waals surface area contributed by atoms with E-state index in [1.807, 2.05) is 6.92 Å². The van der Waals surface area contributed by atoms with Crippen LogP contribution in [0.4, 0.5) is 10.2 Å². The van der Waals surface area contributed by atoms with Gasteiger partial charge in [-0.1, -0.05) is 0 Å². The molecule has 2 aromatic heterocycles. The van der Waals surface area contributed by atoms with Crippen molar-refractivity contribution in [3.8, 4) is 11.1 Å². The Kier molecular flexibility index (Phi) is 4.87. The van der Waals surface area contributed by atoms with Crippen LogP contribution in [0.1, 0.15) is 18.2 Å². The molecule has 3 heterocycles. The molecule has 1 atom stereocenters. The monoisotopic (exact) mass is 380 g/mol. The summed E-state index contributed by atoms with van der Waals surface area (Å²) >= 11 is 0. The van der Waals surface area contributed by atoms with Gasteiger partial charge in [-0.15, -0.1) is 0 Å². The SMILES string of the molecule is CC1CN(c2cc(C(=N)c3ccc(F)c(-c4cnn(C)c4)c3)ncn2)CCO1. The lowest BCUT2D eigenvalue weighted by molar-refractivity contribution is 0.0529. The van der Waals surface area contributed by atoms with Crippen LogP contribution in [0.25, 0.3) is 11.1 Å². The highest BCUT2D eigenvalue weighted by atomic mass is 19.1. The van der Waals surface area contributed by atoms with Gasteiger partial charge in [0.25, 0.3) is 0 Å². The van der Waals surface area contributed by atoms with Crippen LogP contribution < -0.4 is 4.90 Å². The topological polar surface area (TPSA) is 79.9 Å². The summed E-state index contributed by atoms with van der Waals surface area (Å²) < 4.78 is 21.5. The van der Waals surface area contributed by atoms with Crippen molar-refractivity contribution in [1.82, 2.24) is 19.7 Å². The number of halogens is 1. The number of nitrogens with one attached hydrogen (secondary N) is 1. The molecule has 1 aliphatic rings. The Balaban J connectivity index is 1.64. The van der Waals surface area contributed by atoms with Gasteiger partial charge < -0.3 is 9.64 Å². The van der Waals surface area contributed by atoms with Crippen molar-refractivity contribution in [2.75, 3.05) is 24.6 Å². The minimum atomic E-state index is -0.352. The molecule has 28 heavy (non-hydrogen) atoms. The van der Waals surface area contributed by atoms with E-state index < -0.39 is 0 Å². The number of ether oxygens (including phenoxy) is 1. The number of aryl methyl sites for hydroxylation is 1. The molecule has 0 spiro atoms. The van der Waals surface area contributed by atoms with Gasteiger partial charge in [0, 0.05) is 49.1 Å². The van der Waals surface area contributed by atoms with E-state index in [1.165, 1.54) is 12.4 Å². The first-order chi connectivity index (χ1) is 13.5. The summed E-state index contributed by atoms with van der Waals surface area (Å²) in [7, 11) is 1.78. The van der Waals surface area contributed by atoms with Crippen LogP contribution >= 0.6 is 0 Å². The van der Waals surface area contributed by atoms with E-state index in [0.717, 1.165) is 18.9 Å². The quantitative estimate of drug-likeness (QED) is 0.704. The Morgan fingerprint density at radius 3 is 2.89 bits per heavy atom. The molecular weight excluding hydrogens is 359 g/mol. The van der Waals surface area contributed by atoms with Crippen LogP contribution in [0.3, 0.4) is 0 Å². The number of benzene rings is 1. The van der Waals surface area contributed by atoms with Crippen LogP contribution in [-0.2, 0) is 11.8 Å². The first-order valence-electron chi connectivity index (χ1n) is 9.07. The van der Waals surface area contributed by atoms with E-state index in [2.05, 4.69) is 20.0 Å². The zero-order valence-corrected chi connectivity index (χ0v) is 15.8. The molecule has 1 aromatic carbocycles. The summed E-state index contributed by atoms with van der Waals surface area (Å²) in [6.45, 7) is 4.15. The molecule has 0 bridgehead atoms. The van der Waals surface area contributed by atoms with E-state index in [1.54, 1.807) is 42.3 Å². The zero-order chi connectivity index (χ0) is 19.7. The number of hydrogen-bond acceptors (Lipinski definition) is 6. The number of nitrogens with zero attached hydrogens (tertiary/aromatic N) is 5. The molecule has 1 aliphatic heterocycles. The predicted molar refractivity (Wildman–Crippen MR) is 104 cm³/mol. The highest BCUT2D eigenvalue weighted by Gasteiger charge is 2.19. The summed E-state index contributed by atoms with van der Waals surface area (Å²) in [6, 6.07) is 6.43. The highest BCUT2D eigenvalue weighted by molar-refractivity contribution is 6.10. The van der Waals surface area contributed by atoms with Gasteiger partial charge in [0.2, 0.25) is 0 Å². The Labute approximate surface area is 162 Å². The van der Waals surface area contributed by atoms with E-state index >= 15 is 0 Å². The van der Waals surface area contributed by atoms with Crippen molar-refractivity contribution in [3.63, 3.8) is 0 Å². The first kappa shape index (κ1) is 18.2. The minimum Gasteiger partial charge on any atom is -0.375 e. The summed E-state index contributed by atoms with van der Waals surface area (Å²) in [5, 5.41) is 12.7. The van der Waals surface area contributed by atoms with E-state index in [0.29, 0.717) is 29.0 Å². The molecule has 4 rings (SSSR count). The molecule has 0 radical (unpaired) electrons. The third-order valence-electron chi connectivity index (χ3n) is 4.74. The molecule has 1 unspecified atom stereocenters. The minimum absolute atomic E-state index is 0.130. The van der Waals surface area contributed by atoms with Gasteiger partial charge in [-0.2, -0.15) is 5.10 Å². The Morgan fingerprint density at radius 2 is 2.14 bits per heavy atom. The zero-order valence-electron chi connectivity index (χ0n) is 15.8. The van der Waals surface area contributed by atoms with Crippen molar-refractivity contribution in [2.24, 2.45) is 7.05 Å². The number of hydrogen-bond donors (Lipinski definition) is 1. The molecule has 7 nitrogen and oxygen atoms in total. The standard InChI is InChI=1S/C20H21FN6O/c1-13-10-27(5-6-28-13)19-8-18(23-12-24-19)20(22)14-3-4-17(21)16(7-14)15-9-25-26(2)11-15/h3-4,7-9,11-13,22H,5-6,10H2,1-2H3. The molecule has 8 heteroatoms. The van der Waals surface area contributed by atoms with Gasteiger partial charge in [-0.25, -0.2) is 14.4 Å². The molecular formula is C20H21FN6O. The molecule has 144 valence electrons. The maximum Gasteiger partial charge on any atom is 0.132 e. The van der Waals surface area contributed by atoms with Crippen LogP contribution in [0.2, 0.25) is 0 Å². The van der Waals surface area contributed by atoms with Gasteiger partial charge >= 0.3 is 0 Å². The summed E-state index contributed by atoms with van der Waals surface area (Å²) in [6.07, 6.45) is 4.94. The number of aromatic nitrogens is 4. The van der Waals surface area contributed by atoms with Gasteiger partial charge in [0.05, 0.1) is 30.3 Å². The highest BCUT2D eigenvalue weighted by Crippen LogP contribution is 2.25. The lowest BCUT2D eigenvalue weighted by Crippen LogP contribution is -2.41. The van der Waals surface area contributed by atoms with Crippen molar-refractivity contribution >= 4 is 11.5 Å². The molecule has 1 saturated heterocycles. The number of rotatable bonds is 4. The van der Waals surface area contributed by atoms with Gasteiger partial charge in [0.15, 0.2) is 0 Å². The molecule has 1 fully saturated rings. The van der Waals surface area contributed by atoms with E-state index in [4.69, 9.17) is 10.1 Å². The molecule has 0 amide bonds. The summed E-state index contributed by atoms with van der Waals surface area (Å²) in [4.78, 5) is 10.7. The van der Waals surface area contributed by atoms with Gasteiger partial charge in [0.1, 0.15) is 18.0 Å². The normalized spacial score (nSPS) is 17.0. The fraction of sp³-hybridized carbons (Fsp3) is 0.300.